The van der Waals surface area contributed by atoms with E-state index in [2.05, 4.69) is 5.32 Å². The molecule has 156 valence electrons. The van der Waals surface area contributed by atoms with Crippen LogP contribution in [-0.4, -0.2) is 35.2 Å². The summed E-state index contributed by atoms with van der Waals surface area (Å²) in [6.07, 6.45) is 0. The van der Waals surface area contributed by atoms with E-state index in [4.69, 9.17) is 10.2 Å². The molecule has 0 spiro atoms. The summed E-state index contributed by atoms with van der Waals surface area (Å²) in [6, 6.07) is 29.1. The molecule has 0 saturated carbocycles. The maximum absolute atomic E-state index is 10.9. The molecule has 0 heterocycles. The highest BCUT2D eigenvalue weighted by Crippen LogP contribution is 2.16. The van der Waals surface area contributed by atoms with Crippen molar-refractivity contribution in [1.82, 2.24) is 5.32 Å². The van der Waals surface area contributed by atoms with Crippen molar-refractivity contribution in [2.24, 2.45) is 0 Å². The maximum atomic E-state index is 10.9. The lowest BCUT2D eigenvalue weighted by Gasteiger charge is -2.22. The topological polar surface area (TPSA) is 89.9 Å². The van der Waals surface area contributed by atoms with E-state index in [-0.39, 0.29) is 13.1 Å². The first-order valence-corrected chi connectivity index (χ1v) is 9.56. The molecule has 0 bridgehead atoms. The van der Waals surface area contributed by atoms with Gasteiger partial charge in [-0.25, -0.2) is 0 Å². The Balaban J connectivity index is 0.000000232. The third-order valence-corrected chi connectivity index (χ3v) is 4.11. The van der Waals surface area contributed by atoms with Crippen molar-refractivity contribution >= 4 is 17.6 Å². The summed E-state index contributed by atoms with van der Waals surface area (Å²) >= 11 is 0. The van der Waals surface area contributed by atoms with Gasteiger partial charge in [-0.05, 0) is 23.3 Å². The molecule has 3 aromatic carbocycles. The highest BCUT2D eigenvalue weighted by molar-refractivity contribution is 5.73. The van der Waals surface area contributed by atoms with Crippen LogP contribution < -0.4 is 10.2 Å². The molecular formula is C24H26N2O4. The van der Waals surface area contributed by atoms with Crippen LogP contribution in [0.15, 0.2) is 91.0 Å². The number of carboxylic acids is 2. The largest absolute Gasteiger partial charge is 0.480 e. The molecule has 3 aromatic rings. The van der Waals surface area contributed by atoms with Crippen LogP contribution in [0.1, 0.15) is 11.1 Å². The number of benzene rings is 3. The van der Waals surface area contributed by atoms with Crippen LogP contribution in [0.25, 0.3) is 0 Å². The van der Waals surface area contributed by atoms with Gasteiger partial charge in [0.25, 0.3) is 0 Å². The minimum Gasteiger partial charge on any atom is -0.480 e. The summed E-state index contributed by atoms with van der Waals surface area (Å²) in [5, 5.41) is 20.1. The van der Waals surface area contributed by atoms with Crippen LogP contribution in [0, 0.1) is 0 Å². The Kier molecular flexibility index (Phi) is 9.62. The first kappa shape index (κ1) is 22.6. The van der Waals surface area contributed by atoms with Crippen molar-refractivity contribution in [2.75, 3.05) is 18.0 Å². The number of anilines is 1. The van der Waals surface area contributed by atoms with Gasteiger partial charge < -0.3 is 20.4 Å². The molecule has 0 fully saturated rings. The van der Waals surface area contributed by atoms with Crippen molar-refractivity contribution in [3.63, 3.8) is 0 Å². The normalized spacial score (nSPS) is 9.87. The van der Waals surface area contributed by atoms with E-state index in [9.17, 15) is 9.59 Å². The fraction of sp³-hybridized carbons (Fsp3) is 0.167. The molecule has 6 heteroatoms. The summed E-state index contributed by atoms with van der Waals surface area (Å²) in [5.41, 5.74) is 3.12. The molecule has 3 N–H and O–H groups in total. The maximum Gasteiger partial charge on any atom is 0.323 e. The summed E-state index contributed by atoms with van der Waals surface area (Å²) in [6.45, 7) is 1.21. The number of rotatable bonds is 9. The van der Waals surface area contributed by atoms with Gasteiger partial charge in [0, 0.05) is 18.8 Å². The molecule has 0 aliphatic carbocycles. The zero-order valence-electron chi connectivity index (χ0n) is 16.6. The predicted molar refractivity (Wildman–Crippen MR) is 117 cm³/mol. The molecule has 0 aliphatic rings. The van der Waals surface area contributed by atoms with Gasteiger partial charge in [-0.1, -0.05) is 78.9 Å². The Labute approximate surface area is 176 Å². The van der Waals surface area contributed by atoms with E-state index in [1.165, 1.54) is 0 Å². The number of hydrogen-bond acceptors (Lipinski definition) is 4. The summed E-state index contributed by atoms with van der Waals surface area (Å²) < 4.78 is 0. The summed E-state index contributed by atoms with van der Waals surface area (Å²) in [7, 11) is 0. The highest BCUT2D eigenvalue weighted by atomic mass is 16.4. The van der Waals surface area contributed by atoms with Gasteiger partial charge in [0.05, 0.1) is 6.54 Å². The van der Waals surface area contributed by atoms with Gasteiger partial charge >= 0.3 is 11.9 Å². The van der Waals surface area contributed by atoms with Crippen molar-refractivity contribution in [3.05, 3.63) is 102 Å². The van der Waals surface area contributed by atoms with Crippen molar-refractivity contribution in [3.8, 4) is 0 Å². The summed E-state index contributed by atoms with van der Waals surface area (Å²) in [5.74, 6) is -1.65. The molecule has 0 aliphatic heterocycles. The Bertz CT molecular complexity index is 887. The van der Waals surface area contributed by atoms with Crippen LogP contribution >= 0.6 is 0 Å². The SMILES string of the molecule is O=C(O)CN(Cc1ccccc1)c1ccccc1.O=C(O)CNCc1ccccc1. The van der Waals surface area contributed by atoms with E-state index in [1.807, 2.05) is 95.9 Å². The molecule has 0 aromatic heterocycles. The van der Waals surface area contributed by atoms with Gasteiger partial charge in [-0.2, -0.15) is 0 Å². The third-order valence-electron chi connectivity index (χ3n) is 4.11. The molecule has 0 saturated heterocycles. The summed E-state index contributed by atoms with van der Waals surface area (Å²) in [4.78, 5) is 22.9. The van der Waals surface area contributed by atoms with E-state index >= 15 is 0 Å². The Morgan fingerprint density at radius 1 is 0.700 bits per heavy atom. The molecule has 30 heavy (non-hydrogen) atoms. The first-order chi connectivity index (χ1) is 14.5. The van der Waals surface area contributed by atoms with E-state index < -0.39 is 11.9 Å². The number of carbonyl (C=O) groups is 2. The lowest BCUT2D eigenvalue weighted by Crippen LogP contribution is -2.29. The quantitative estimate of drug-likeness (QED) is 0.503. The fourth-order valence-corrected chi connectivity index (χ4v) is 2.75. The van der Waals surface area contributed by atoms with Crippen LogP contribution in [0.5, 0.6) is 0 Å². The lowest BCUT2D eigenvalue weighted by atomic mass is 10.2. The number of nitrogens with zero attached hydrogens (tertiary/aromatic N) is 1. The molecule has 3 rings (SSSR count). The molecule has 6 nitrogen and oxygen atoms in total. The number of hydrogen-bond donors (Lipinski definition) is 3. The third kappa shape index (κ3) is 9.03. The van der Waals surface area contributed by atoms with Crippen LogP contribution in [0.2, 0.25) is 0 Å². The van der Waals surface area contributed by atoms with Crippen LogP contribution in [0.4, 0.5) is 5.69 Å². The molecular weight excluding hydrogens is 380 g/mol. The number of carboxylic acid groups (broad SMARTS) is 2. The van der Waals surface area contributed by atoms with Gasteiger partial charge in [0.1, 0.15) is 6.54 Å². The van der Waals surface area contributed by atoms with Gasteiger partial charge in [0.2, 0.25) is 0 Å². The highest BCUT2D eigenvalue weighted by Gasteiger charge is 2.10. The fourth-order valence-electron chi connectivity index (χ4n) is 2.75. The zero-order chi connectivity index (χ0) is 21.6. The zero-order valence-corrected chi connectivity index (χ0v) is 16.6. The smallest absolute Gasteiger partial charge is 0.323 e. The van der Waals surface area contributed by atoms with Gasteiger partial charge in [-0.15, -0.1) is 0 Å². The number of aliphatic carboxylic acids is 2. The second kappa shape index (κ2) is 12.7. The first-order valence-electron chi connectivity index (χ1n) is 9.56. The van der Waals surface area contributed by atoms with Gasteiger partial charge in [-0.3, -0.25) is 9.59 Å². The predicted octanol–water partition coefficient (Wildman–Crippen LogP) is 3.64. The standard InChI is InChI=1S/C15H15NO2.C9H11NO2/c17-15(18)12-16(14-9-5-2-6-10-14)11-13-7-3-1-4-8-13;11-9(12)7-10-6-8-4-2-1-3-5-8/h1-10H,11-12H2,(H,17,18);1-5,10H,6-7H2,(H,11,12). The number of nitrogens with one attached hydrogen (secondary N) is 1. The monoisotopic (exact) mass is 406 g/mol. The van der Waals surface area contributed by atoms with E-state index in [1.54, 1.807) is 0 Å². The average Bonchev–Trinajstić information content (AvgIpc) is 2.75. The van der Waals surface area contributed by atoms with Crippen molar-refractivity contribution < 1.29 is 19.8 Å². The van der Waals surface area contributed by atoms with E-state index in [0.717, 1.165) is 16.8 Å². The average molecular weight is 406 g/mol. The van der Waals surface area contributed by atoms with E-state index in [0.29, 0.717) is 13.1 Å². The van der Waals surface area contributed by atoms with Gasteiger partial charge in [0.15, 0.2) is 0 Å². The molecule has 0 atom stereocenters. The van der Waals surface area contributed by atoms with Crippen LogP contribution in [-0.2, 0) is 22.7 Å². The van der Waals surface area contributed by atoms with Crippen molar-refractivity contribution in [1.29, 1.82) is 0 Å². The second-order valence-corrected chi connectivity index (χ2v) is 6.55. The van der Waals surface area contributed by atoms with Crippen LogP contribution in [0.3, 0.4) is 0 Å². The molecule has 0 amide bonds. The lowest BCUT2D eigenvalue weighted by molar-refractivity contribution is -0.136. The molecule has 0 unspecified atom stereocenters. The Morgan fingerprint density at radius 2 is 1.20 bits per heavy atom. The Morgan fingerprint density at radius 3 is 1.70 bits per heavy atom. The minimum atomic E-state index is -0.828. The van der Waals surface area contributed by atoms with Crippen molar-refractivity contribution in [2.45, 2.75) is 13.1 Å². The second-order valence-electron chi connectivity index (χ2n) is 6.55. The minimum absolute atomic E-state index is 0.00108. The molecule has 0 radical (unpaired) electrons. The Hall–Kier alpha value is -3.64. The number of para-hydroxylation sites is 1.